The minimum Gasteiger partial charge on any atom is -0.494 e. The number of halogens is 2. The smallest absolute Gasteiger partial charge is 0.162 e. The SMILES string of the molecule is C=Cc1ccc(F)cc1-c1c(F)cc2c(c1OC)-n1c(C)nnc1C(C)(C)N2. The van der Waals surface area contributed by atoms with Crippen molar-refractivity contribution < 1.29 is 13.5 Å². The summed E-state index contributed by atoms with van der Waals surface area (Å²) >= 11 is 0. The lowest BCUT2D eigenvalue weighted by Gasteiger charge is -2.35. The molecule has 4 rings (SSSR count). The lowest BCUT2D eigenvalue weighted by Crippen LogP contribution is -2.36. The van der Waals surface area contributed by atoms with Crippen molar-refractivity contribution in [1.29, 1.82) is 0 Å². The largest absolute Gasteiger partial charge is 0.494 e. The number of methoxy groups -OCH3 is 1. The van der Waals surface area contributed by atoms with E-state index in [2.05, 4.69) is 22.1 Å². The summed E-state index contributed by atoms with van der Waals surface area (Å²) in [6.45, 7) is 9.46. The molecule has 0 aliphatic carbocycles. The summed E-state index contributed by atoms with van der Waals surface area (Å²) in [7, 11) is 1.46. The van der Waals surface area contributed by atoms with Gasteiger partial charge >= 0.3 is 0 Å². The number of aromatic nitrogens is 3. The van der Waals surface area contributed by atoms with Crippen LogP contribution in [-0.4, -0.2) is 21.9 Å². The van der Waals surface area contributed by atoms with E-state index < -0.39 is 17.2 Å². The summed E-state index contributed by atoms with van der Waals surface area (Å²) in [5, 5.41) is 11.8. The summed E-state index contributed by atoms with van der Waals surface area (Å²) in [6.07, 6.45) is 1.56. The maximum atomic E-state index is 15.3. The Bertz CT molecular complexity index is 1120. The molecule has 0 bridgehead atoms. The highest BCUT2D eigenvalue weighted by Gasteiger charge is 2.37. The first-order valence-electron chi connectivity index (χ1n) is 8.82. The van der Waals surface area contributed by atoms with Gasteiger partial charge in [-0.1, -0.05) is 18.7 Å². The summed E-state index contributed by atoms with van der Waals surface area (Å²) in [6, 6.07) is 5.56. The van der Waals surface area contributed by atoms with Gasteiger partial charge in [0, 0.05) is 6.07 Å². The van der Waals surface area contributed by atoms with Gasteiger partial charge in [0.2, 0.25) is 0 Å². The molecule has 3 aromatic rings. The van der Waals surface area contributed by atoms with Gasteiger partial charge in [0.15, 0.2) is 11.6 Å². The van der Waals surface area contributed by atoms with Crippen LogP contribution in [0.3, 0.4) is 0 Å². The molecule has 0 saturated heterocycles. The molecule has 1 aliphatic rings. The van der Waals surface area contributed by atoms with Crippen molar-refractivity contribution in [2.75, 3.05) is 12.4 Å². The van der Waals surface area contributed by atoms with Gasteiger partial charge in [0.05, 0.1) is 23.9 Å². The van der Waals surface area contributed by atoms with Crippen molar-refractivity contribution >= 4 is 11.8 Å². The molecule has 0 fully saturated rings. The van der Waals surface area contributed by atoms with Gasteiger partial charge in [-0.05, 0) is 44.0 Å². The molecule has 1 aliphatic heterocycles. The molecule has 1 aromatic heterocycles. The Morgan fingerprint density at radius 1 is 1.21 bits per heavy atom. The second kappa shape index (κ2) is 6.15. The van der Waals surface area contributed by atoms with Crippen LogP contribution in [0.5, 0.6) is 5.75 Å². The summed E-state index contributed by atoms with van der Waals surface area (Å²) in [4.78, 5) is 0. The molecule has 28 heavy (non-hydrogen) atoms. The van der Waals surface area contributed by atoms with Crippen LogP contribution in [-0.2, 0) is 5.54 Å². The predicted octanol–water partition coefficient (Wildman–Crippen LogP) is 4.83. The molecule has 0 spiro atoms. The third kappa shape index (κ3) is 2.50. The van der Waals surface area contributed by atoms with Gasteiger partial charge in [-0.2, -0.15) is 0 Å². The van der Waals surface area contributed by atoms with Gasteiger partial charge < -0.3 is 10.1 Å². The van der Waals surface area contributed by atoms with Crippen LogP contribution in [0, 0.1) is 18.6 Å². The first kappa shape index (κ1) is 18.2. The average Bonchev–Trinajstić information content (AvgIpc) is 3.03. The molecule has 0 unspecified atom stereocenters. The fraction of sp³-hybridized carbons (Fsp3) is 0.238. The summed E-state index contributed by atoms with van der Waals surface area (Å²) < 4.78 is 36.8. The number of hydrogen-bond donors (Lipinski definition) is 1. The van der Waals surface area contributed by atoms with Gasteiger partial charge in [0.25, 0.3) is 0 Å². The maximum Gasteiger partial charge on any atom is 0.162 e. The molecule has 0 atom stereocenters. The Morgan fingerprint density at radius 2 is 1.96 bits per heavy atom. The van der Waals surface area contributed by atoms with Crippen molar-refractivity contribution in [3.05, 3.63) is 59.7 Å². The molecule has 2 aromatic carbocycles. The van der Waals surface area contributed by atoms with Gasteiger partial charge in [-0.3, -0.25) is 4.57 Å². The molecule has 5 nitrogen and oxygen atoms in total. The van der Waals surface area contributed by atoms with E-state index in [1.54, 1.807) is 12.1 Å². The van der Waals surface area contributed by atoms with E-state index in [9.17, 15) is 4.39 Å². The normalized spacial score (nSPS) is 14.1. The van der Waals surface area contributed by atoms with E-state index in [0.717, 1.165) is 0 Å². The summed E-state index contributed by atoms with van der Waals surface area (Å²) in [5.41, 5.74) is 1.71. The van der Waals surface area contributed by atoms with E-state index in [-0.39, 0.29) is 11.3 Å². The molecule has 0 saturated carbocycles. The fourth-order valence-electron chi connectivity index (χ4n) is 3.73. The van der Waals surface area contributed by atoms with Gasteiger partial charge in [0.1, 0.15) is 23.1 Å². The predicted molar refractivity (Wildman–Crippen MR) is 105 cm³/mol. The number of nitrogens with one attached hydrogen (secondary N) is 1. The molecule has 7 heteroatoms. The first-order valence-corrected chi connectivity index (χ1v) is 8.82. The van der Waals surface area contributed by atoms with E-state index >= 15 is 4.39 Å². The number of benzene rings is 2. The van der Waals surface area contributed by atoms with E-state index in [1.807, 2.05) is 25.3 Å². The maximum absolute atomic E-state index is 15.3. The van der Waals surface area contributed by atoms with Crippen LogP contribution >= 0.6 is 0 Å². The van der Waals surface area contributed by atoms with E-state index in [1.165, 1.54) is 25.3 Å². The number of hydrogen-bond acceptors (Lipinski definition) is 4. The van der Waals surface area contributed by atoms with Crippen molar-refractivity contribution in [2.24, 2.45) is 0 Å². The summed E-state index contributed by atoms with van der Waals surface area (Å²) in [5.74, 6) is 0.597. The third-order valence-corrected chi connectivity index (χ3v) is 4.97. The number of fused-ring (bicyclic) bond motifs is 3. The third-order valence-electron chi connectivity index (χ3n) is 4.97. The van der Waals surface area contributed by atoms with Crippen LogP contribution in [0.25, 0.3) is 22.9 Å². The quantitative estimate of drug-likeness (QED) is 0.705. The topological polar surface area (TPSA) is 52.0 Å². The zero-order chi connectivity index (χ0) is 20.2. The number of anilines is 1. The minimum atomic E-state index is -0.557. The molecule has 0 amide bonds. The zero-order valence-corrected chi connectivity index (χ0v) is 16.1. The first-order chi connectivity index (χ1) is 13.3. The van der Waals surface area contributed by atoms with Crippen molar-refractivity contribution in [1.82, 2.24) is 14.8 Å². The second-order valence-corrected chi connectivity index (χ2v) is 7.25. The number of rotatable bonds is 3. The average molecular weight is 382 g/mol. The number of ether oxygens (including phenoxy) is 1. The van der Waals surface area contributed by atoms with Crippen LogP contribution < -0.4 is 10.1 Å². The molecular formula is C21H20F2N4O. The Balaban J connectivity index is 2.11. The van der Waals surface area contributed by atoms with E-state index in [4.69, 9.17) is 4.74 Å². The van der Waals surface area contributed by atoms with Crippen LogP contribution in [0.4, 0.5) is 14.5 Å². The zero-order valence-electron chi connectivity index (χ0n) is 16.1. The number of aryl methyl sites for hydroxylation is 1. The highest BCUT2D eigenvalue weighted by Crippen LogP contribution is 2.47. The number of nitrogens with zero attached hydrogens (tertiary/aromatic N) is 3. The van der Waals surface area contributed by atoms with E-state index in [0.29, 0.717) is 34.2 Å². The molecule has 2 heterocycles. The molecule has 144 valence electrons. The molecule has 0 radical (unpaired) electrons. The Labute approximate surface area is 161 Å². The highest BCUT2D eigenvalue weighted by atomic mass is 19.1. The van der Waals surface area contributed by atoms with Crippen molar-refractivity contribution in [3.63, 3.8) is 0 Å². The van der Waals surface area contributed by atoms with Crippen LogP contribution in [0.15, 0.2) is 30.8 Å². The Kier molecular flexibility index (Phi) is 3.99. The lowest BCUT2D eigenvalue weighted by atomic mass is 9.94. The Hall–Kier alpha value is -3.22. The highest BCUT2D eigenvalue weighted by molar-refractivity contribution is 5.87. The van der Waals surface area contributed by atoms with Gasteiger partial charge in [-0.25, -0.2) is 8.78 Å². The van der Waals surface area contributed by atoms with Crippen LogP contribution in [0.2, 0.25) is 0 Å². The van der Waals surface area contributed by atoms with Crippen molar-refractivity contribution in [3.8, 4) is 22.6 Å². The second-order valence-electron chi connectivity index (χ2n) is 7.25. The lowest BCUT2D eigenvalue weighted by molar-refractivity contribution is 0.408. The van der Waals surface area contributed by atoms with Crippen LogP contribution in [0.1, 0.15) is 31.1 Å². The van der Waals surface area contributed by atoms with Gasteiger partial charge in [-0.15, -0.1) is 10.2 Å². The van der Waals surface area contributed by atoms with Crippen molar-refractivity contribution in [2.45, 2.75) is 26.3 Å². The fourth-order valence-corrected chi connectivity index (χ4v) is 3.73. The monoisotopic (exact) mass is 382 g/mol. The molecule has 1 N–H and O–H groups in total. The molecular weight excluding hydrogens is 362 g/mol. The minimum absolute atomic E-state index is 0.163. The Morgan fingerprint density at radius 3 is 2.64 bits per heavy atom. The standard InChI is InChI=1S/C21H20F2N4O/c1-6-12-7-8-13(22)9-14(12)17-15(23)10-16-18(19(17)28-5)27-11(2)25-26-20(27)21(3,4)24-16/h6-10,24H,1H2,2-5H3.